The second-order valence-corrected chi connectivity index (χ2v) is 2.99. The number of carbonyl (C=O) groups excluding carboxylic acids is 2. The lowest BCUT2D eigenvalue weighted by molar-refractivity contribution is -0.141. The normalized spacial score (nSPS) is 12.1. The number of hydrogen-bond acceptors (Lipinski definition) is 4. The fourth-order valence-corrected chi connectivity index (χ4v) is 1.06. The summed E-state index contributed by atoms with van der Waals surface area (Å²) in [4.78, 5) is 26.2. The number of nitrogens with zero attached hydrogens (tertiary/aromatic N) is 2. The molecule has 1 aromatic rings. The summed E-state index contributed by atoms with van der Waals surface area (Å²) < 4.78 is 5.83. The van der Waals surface area contributed by atoms with Crippen LogP contribution in [0.2, 0.25) is 0 Å². The Morgan fingerprint density at radius 1 is 1.57 bits per heavy atom. The first kappa shape index (κ1) is 10.4. The van der Waals surface area contributed by atoms with E-state index in [4.69, 9.17) is 0 Å². The third-order valence-electron chi connectivity index (χ3n) is 1.88. The van der Waals surface area contributed by atoms with Gasteiger partial charge in [-0.1, -0.05) is 6.92 Å². The van der Waals surface area contributed by atoms with Crippen molar-refractivity contribution in [3.05, 3.63) is 18.7 Å². The molecule has 0 aliphatic heterocycles. The van der Waals surface area contributed by atoms with Crippen LogP contribution in [0.3, 0.4) is 0 Å². The first-order chi connectivity index (χ1) is 6.65. The number of methoxy groups -OCH3 is 1. The largest absolute Gasteiger partial charge is 0.469 e. The standard InChI is InChI=1S/C9H12N2O3/c1-7(5-8(12)14-2)9(13)11-4-3-10-6-11/h3-4,6-7H,5H2,1-2H3/t7-/m0/s1. The van der Waals surface area contributed by atoms with Crippen LogP contribution in [-0.2, 0) is 9.53 Å². The van der Waals surface area contributed by atoms with Crippen molar-refractivity contribution < 1.29 is 14.3 Å². The number of ether oxygens (including phenoxy) is 1. The van der Waals surface area contributed by atoms with Crippen LogP contribution in [0.4, 0.5) is 0 Å². The van der Waals surface area contributed by atoms with E-state index in [-0.39, 0.29) is 18.3 Å². The van der Waals surface area contributed by atoms with Crippen LogP contribution in [0.5, 0.6) is 0 Å². The minimum Gasteiger partial charge on any atom is -0.469 e. The number of hydrogen-bond donors (Lipinski definition) is 0. The van der Waals surface area contributed by atoms with Gasteiger partial charge in [0.2, 0.25) is 5.91 Å². The average Bonchev–Trinajstić information content (AvgIpc) is 2.69. The highest BCUT2D eigenvalue weighted by Gasteiger charge is 2.18. The van der Waals surface area contributed by atoms with Gasteiger partial charge in [0.15, 0.2) is 0 Å². The van der Waals surface area contributed by atoms with Gasteiger partial charge in [-0.15, -0.1) is 0 Å². The van der Waals surface area contributed by atoms with Crippen molar-refractivity contribution in [3.8, 4) is 0 Å². The van der Waals surface area contributed by atoms with Crippen molar-refractivity contribution in [1.82, 2.24) is 9.55 Å². The van der Waals surface area contributed by atoms with Gasteiger partial charge in [-0.05, 0) is 0 Å². The van der Waals surface area contributed by atoms with Gasteiger partial charge in [0.05, 0.1) is 13.5 Å². The summed E-state index contributed by atoms with van der Waals surface area (Å²) in [6.07, 6.45) is 4.57. The van der Waals surface area contributed by atoms with Crippen LogP contribution in [0, 0.1) is 5.92 Å². The predicted octanol–water partition coefficient (Wildman–Crippen LogP) is 0.722. The molecule has 0 bridgehead atoms. The van der Waals surface area contributed by atoms with Crippen molar-refractivity contribution in [1.29, 1.82) is 0 Å². The molecule has 76 valence electrons. The maximum Gasteiger partial charge on any atom is 0.306 e. The molecule has 14 heavy (non-hydrogen) atoms. The van der Waals surface area contributed by atoms with E-state index >= 15 is 0 Å². The highest BCUT2D eigenvalue weighted by Crippen LogP contribution is 2.06. The molecule has 0 aliphatic carbocycles. The van der Waals surface area contributed by atoms with Crippen molar-refractivity contribution in [3.63, 3.8) is 0 Å². The summed E-state index contributed by atoms with van der Waals surface area (Å²) in [6, 6.07) is 0. The van der Waals surface area contributed by atoms with Gasteiger partial charge >= 0.3 is 5.97 Å². The van der Waals surface area contributed by atoms with Crippen LogP contribution in [0.1, 0.15) is 18.1 Å². The molecule has 1 rings (SSSR count). The van der Waals surface area contributed by atoms with Gasteiger partial charge in [-0.3, -0.25) is 14.2 Å². The predicted molar refractivity (Wildman–Crippen MR) is 48.7 cm³/mol. The molecule has 1 aromatic heterocycles. The van der Waals surface area contributed by atoms with E-state index in [1.165, 1.54) is 24.2 Å². The Bertz CT molecular complexity index is 319. The van der Waals surface area contributed by atoms with Crippen molar-refractivity contribution >= 4 is 11.9 Å². The number of esters is 1. The molecule has 0 unspecified atom stereocenters. The lowest BCUT2D eigenvalue weighted by atomic mass is 10.1. The number of imidazole rings is 1. The summed E-state index contributed by atoms with van der Waals surface area (Å²) in [5.74, 6) is -0.935. The van der Waals surface area contributed by atoms with E-state index in [9.17, 15) is 9.59 Å². The molecule has 0 aromatic carbocycles. The summed E-state index contributed by atoms with van der Waals surface area (Å²) in [5, 5.41) is 0. The summed E-state index contributed by atoms with van der Waals surface area (Å²) in [6.45, 7) is 1.68. The minimum absolute atomic E-state index is 0.0908. The van der Waals surface area contributed by atoms with Crippen LogP contribution in [-0.4, -0.2) is 28.5 Å². The summed E-state index contributed by atoms with van der Waals surface area (Å²) in [5.41, 5.74) is 0. The lowest BCUT2D eigenvalue weighted by Crippen LogP contribution is -2.21. The molecule has 0 amide bonds. The Labute approximate surface area is 81.7 Å². The van der Waals surface area contributed by atoms with Gasteiger partial charge < -0.3 is 4.74 Å². The van der Waals surface area contributed by atoms with Gasteiger partial charge in [0.25, 0.3) is 0 Å². The van der Waals surface area contributed by atoms with E-state index < -0.39 is 5.92 Å². The van der Waals surface area contributed by atoms with Crippen LogP contribution >= 0.6 is 0 Å². The van der Waals surface area contributed by atoms with Gasteiger partial charge in [-0.25, -0.2) is 4.98 Å². The molecule has 1 heterocycles. The van der Waals surface area contributed by atoms with Crippen LogP contribution in [0.15, 0.2) is 18.7 Å². The SMILES string of the molecule is COC(=O)C[C@H](C)C(=O)n1ccnc1. The van der Waals surface area contributed by atoms with Gasteiger partial charge in [0.1, 0.15) is 6.33 Å². The molecule has 0 saturated carbocycles. The smallest absolute Gasteiger partial charge is 0.306 e. The zero-order valence-corrected chi connectivity index (χ0v) is 8.14. The van der Waals surface area contributed by atoms with E-state index in [0.717, 1.165) is 0 Å². The quantitative estimate of drug-likeness (QED) is 0.668. The second kappa shape index (κ2) is 4.55. The topological polar surface area (TPSA) is 61.2 Å². The number of aromatic nitrogens is 2. The third-order valence-corrected chi connectivity index (χ3v) is 1.88. The monoisotopic (exact) mass is 196 g/mol. The average molecular weight is 196 g/mol. The first-order valence-corrected chi connectivity index (χ1v) is 4.24. The Morgan fingerprint density at radius 2 is 2.29 bits per heavy atom. The van der Waals surface area contributed by atoms with Gasteiger partial charge in [0, 0.05) is 18.3 Å². The highest BCUT2D eigenvalue weighted by atomic mass is 16.5. The molecule has 0 N–H and O–H groups in total. The summed E-state index contributed by atoms with van der Waals surface area (Å²) in [7, 11) is 1.30. The summed E-state index contributed by atoms with van der Waals surface area (Å²) >= 11 is 0. The molecule has 0 fully saturated rings. The molecule has 0 aliphatic rings. The fourth-order valence-electron chi connectivity index (χ4n) is 1.06. The number of rotatable bonds is 3. The Hall–Kier alpha value is -1.65. The van der Waals surface area contributed by atoms with Crippen LogP contribution < -0.4 is 0 Å². The van der Waals surface area contributed by atoms with E-state index in [2.05, 4.69) is 9.72 Å². The second-order valence-electron chi connectivity index (χ2n) is 2.99. The third kappa shape index (κ3) is 2.42. The van der Waals surface area contributed by atoms with Crippen LogP contribution in [0.25, 0.3) is 0 Å². The van der Waals surface area contributed by atoms with Crippen molar-refractivity contribution in [2.75, 3.05) is 7.11 Å². The Kier molecular flexibility index (Phi) is 3.39. The zero-order chi connectivity index (χ0) is 10.6. The molecule has 5 heteroatoms. The van der Waals surface area contributed by atoms with Crippen molar-refractivity contribution in [2.24, 2.45) is 5.92 Å². The van der Waals surface area contributed by atoms with Crippen molar-refractivity contribution in [2.45, 2.75) is 13.3 Å². The zero-order valence-electron chi connectivity index (χ0n) is 8.14. The highest BCUT2D eigenvalue weighted by molar-refractivity contribution is 5.85. The lowest BCUT2D eigenvalue weighted by Gasteiger charge is -2.08. The van der Waals surface area contributed by atoms with Gasteiger partial charge in [-0.2, -0.15) is 0 Å². The molecule has 0 spiro atoms. The maximum atomic E-state index is 11.6. The van der Waals surface area contributed by atoms with E-state index in [0.29, 0.717) is 0 Å². The van der Waals surface area contributed by atoms with E-state index in [1.807, 2.05) is 0 Å². The molecular weight excluding hydrogens is 184 g/mol. The Morgan fingerprint density at radius 3 is 2.79 bits per heavy atom. The fraction of sp³-hybridized carbons (Fsp3) is 0.444. The molecule has 0 saturated heterocycles. The maximum absolute atomic E-state index is 11.6. The molecule has 0 radical (unpaired) electrons. The molecule has 1 atom stereocenters. The molecule has 5 nitrogen and oxygen atoms in total. The van der Waals surface area contributed by atoms with E-state index in [1.54, 1.807) is 13.1 Å². The first-order valence-electron chi connectivity index (χ1n) is 4.24. The number of carbonyl (C=O) groups is 2. The molecular formula is C9H12N2O3. The Balaban J connectivity index is 2.58. The minimum atomic E-state index is -0.392.